The van der Waals surface area contributed by atoms with Crippen LogP contribution in [-0.4, -0.2) is 28.3 Å². The molecule has 2 atom stereocenters. The van der Waals surface area contributed by atoms with E-state index < -0.39 is 10.8 Å². The van der Waals surface area contributed by atoms with Crippen LogP contribution in [0, 0.1) is 5.92 Å². The molecule has 0 aromatic rings. The SMILES string of the molecule is CCOC(=O)CCS(=O)CC(C)CC. The van der Waals surface area contributed by atoms with Crippen molar-refractivity contribution in [3.05, 3.63) is 0 Å². The first-order valence-corrected chi connectivity index (χ1v) is 6.59. The molecule has 0 spiro atoms. The van der Waals surface area contributed by atoms with Crippen LogP contribution in [0.2, 0.25) is 0 Å². The van der Waals surface area contributed by atoms with Crippen molar-refractivity contribution in [2.24, 2.45) is 5.92 Å². The van der Waals surface area contributed by atoms with E-state index in [2.05, 4.69) is 13.8 Å². The summed E-state index contributed by atoms with van der Waals surface area (Å²) in [5.74, 6) is 1.35. The summed E-state index contributed by atoms with van der Waals surface area (Å²) in [6, 6.07) is 0. The maximum Gasteiger partial charge on any atom is 0.306 e. The molecule has 4 heteroatoms. The van der Waals surface area contributed by atoms with Gasteiger partial charge in [0.2, 0.25) is 0 Å². The number of rotatable bonds is 7. The number of carbonyl (C=O) groups excluding carboxylic acids is 1. The van der Waals surface area contributed by atoms with Crippen molar-refractivity contribution in [1.82, 2.24) is 0 Å². The molecule has 0 aromatic heterocycles. The van der Waals surface area contributed by atoms with Crippen LogP contribution >= 0.6 is 0 Å². The molecule has 0 amide bonds. The average Bonchev–Trinajstić information content (AvgIpc) is 2.15. The molecule has 3 nitrogen and oxygen atoms in total. The predicted octanol–water partition coefficient (Wildman–Crippen LogP) is 1.73. The zero-order valence-electron chi connectivity index (χ0n) is 9.25. The van der Waals surface area contributed by atoms with Gasteiger partial charge in [-0.3, -0.25) is 9.00 Å². The van der Waals surface area contributed by atoms with Crippen molar-refractivity contribution in [2.45, 2.75) is 33.6 Å². The minimum atomic E-state index is -0.875. The molecule has 0 heterocycles. The highest BCUT2D eigenvalue weighted by atomic mass is 32.2. The van der Waals surface area contributed by atoms with Gasteiger partial charge in [-0.15, -0.1) is 0 Å². The first kappa shape index (κ1) is 13.6. The third-order valence-corrected chi connectivity index (χ3v) is 3.61. The van der Waals surface area contributed by atoms with E-state index in [1.165, 1.54) is 0 Å². The maximum atomic E-state index is 11.4. The zero-order chi connectivity index (χ0) is 11.0. The Morgan fingerprint density at radius 3 is 2.57 bits per heavy atom. The lowest BCUT2D eigenvalue weighted by atomic mass is 10.2. The lowest BCUT2D eigenvalue weighted by molar-refractivity contribution is -0.142. The Bertz CT molecular complexity index is 192. The summed E-state index contributed by atoms with van der Waals surface area (Å²) in [7, 11) is -0.875. The summed E-state index contributed by atoms with van der Waals surface area (Å²) < 4.78 is 16.2. The van der Waals surface area contributed by atoms with E-state index in [1.54, 1.807) is 6.92 Å². The van der Waals surface area contributed by atoms with Gasteiger partial charge in [-0.2, -0.15) is 0 Å². The van der Waals surface area contributed by atoms with Gasteiger partial charge in [-0.05, 0) is 12.8 Å². The average molecular weight is 220 g/mol. The van der Waals surface area contributed by atoms with Gasteiger partial charge in [-0.1, -0.05) is 20.3 Å². The van der Waals surface area contributed by atoms with Crippen LogP contribution in [-0.2, 0) is 20.3 Å². The second kappa shape index (κ2) is 7.97. The fraction of sp³-hybridized carbons (Fsp3) is 0.900. The molecule has 0 aliphatic carbocycles. The second-order valence-corrected chi connectivity index (χ2v) is 5.00. The number of hydrogen-bond acceptors (Lipinski definition) is 3. The molecule has 0 saturated heterocycles. The highest BCUT2D eigenvalue weighted by Crippen LogP contribution is 2.04. The summed E-state index contributed by atoms with van der Waals surface area (Å²) in [6.45, 7) is 6.32. The first-order valence-electron chi connectivity index (χ1n) is 5.10. The van der Waals surface area contributed by atoms with Gasteiger partial charge in [0, 0.05) is 22.3 Å². The quantitative estimate of drug-likeness (QED) is 0.614. The molecule has 0 aromatic carbocycles. The van der Waals surface area contributed by atoms with Gasteiger partial charge >= 0.3 is 5.97 Å². The molecule has 0 aliphatic rings. The molecule has 14 heavy (non-hydrogen) atoms. The van der Waals surface area contributed by atoms with Crippen LogP contribution in [0.25, 0.3) is 0 Å². The Hall–Kier alpha value is -0.380. The van der Waals surface area contributed by atoms with Crippen molar-refractivity contribution >= 4 is 16.8 Å². The lowest BCUT2D eigenvalue weighted by Gasteiger charge is -2.07. The smallest absolute Gasteiger partial charge is 0.306 e. The van der Waals surface area contributed by atoms with Gasteiger partial charge in [0.1, 0.15) is 0 Å². The number of ether oxygens (including phenoxy) is 1. The topological polar surface area (TPSA) is 43.4 Å². The van der Waals surface area contributed by atoms with E-state index in [0.717, 1.165) is 6.42 Å². The van der Waals surface area contributed by atoms with Crippen LogP contribution < -0.4 is 0 Å². The third-order valence-electron chi connectivity index (χ3n) is 2.01. The Morgan fingerprint density at radius 2 is 2.07 bits per heavy atom. The number of esters is 1. The molecule has 0 N–H and O–H groups in total. The molecule has 0 fully saturated rings. The fourth-order valence-electron chi connectivity index (χ4n) is 0.949. The summed E-state index contributed by atoms with van der Waals surface area (Å²) in [5.41, 5.74) is 0. The molecule has 0 rings (SSSR count). The van der Waals surface area contributed by atoms with Crippen LogP contribution in [0.15, 0.2) is 0 Å². The van der Waals surface area contributed by atoms with Crippen molar-refractivity contribution in [2.75, 3.05) is 18.1 Å². The van der Waals surface area contributed by atoms with E-state index in [0.29, 0.717) is 24.0 Å². The molecule has 84 valence electrons. The van der Waals surface area contributed by atoms with Crippen molar-refractivity contribution in [3.8, 4) is 0 Å². The molecule has 0 aliphatic heterocycles. The Balaban J connectivity index is 3.58. The van der Waals surface area contributed by atoms with E-state index in [4.69, 9.17) is 4.74 Å². The van der Waals surface area contributed by atoms with Crippen LogP contribution in [0.3, 0.4) is 0 Å². The molecule has 0 radical (unpaired) electrons. The Morgan fingerprint density at radius 1 is 1.43 bits per heavy atom. The highest BCUT2D eigenvalue weighted by Gasteiger charge is 2.08. The second-order valence-electron chi connectivity index (χ2n) is 3.38. The third kappa shape index (κ3) is 7.06. The highest BCUT2D eigenvalue weighted by molar-refractivity contribution is 7.85. The minimum absolute atomic E-state index is 0.245. The summed E-state index contributed by atoms with van der Waals surface area (Å²) in [5, 5.41) is 0. The van der Waals surface area contributed by atoms with Crippen LogP contribution in [0.1, 0.15) is 33.6 Å². The fourth-order valence-corrected chi connectivity index (χ4v) is 2.38. The first-order chi connectivity index (χ1) is 6.60. The van der Waals surface area contributed by atoms with Gasteiger partial charge in [0.15, 0.2) is 0 Å². The van der Waals surface area contributed by atoms with Crippen molar-refractivity contribution in [1.29, 1.82) is 0 Å². The Kier molecular flexibility index (Phi) is 7.76. The van der Waals surface area contributed by atoms with E-state index >= 15 is 0 Å². The summed E-state index contributed by atoms with van der Waals surface area (Å²) >= 11 is 0. The van der Waals surface area contributed by atoms with Crippen molar-refractivity contribution in [3.63, 3.8) is 0 Å². The van der Waals surface area contributed by atoms with Gasteiger partial charge in [0.05, 0.1) is 13.0 Å². The van der Waals surface area contributed by atoms with E-state index in [-0.39, 0.29) is 12.4 Å². The molecule has 2 unspecified atom stereocenters. The van der Waals surface area contributed by atoms with Gasteiger partial charge in [-0.25, -0.2) is 0 Å². The summed E-state index contributed by atoms with van der Waals surface area (Å²) in [4.78, 5) is 10.9. The monoisotopic (exact) mass is 220 g/mol. The normalized spacial score (nSPS) is 14.8. The van der Waals surface area contributed by atoms with Crippen molar-refractivity contribution < 1.29 is 13.7 Å². The lowest BCUT2D eigenvalue weighted by Crippen LogP contribution is -2.14. The summed E-state index contributed by atoms with van der Waals surface area (Å²) in [6.07, 6.45) is 1.31. The molecule has 0 saturated carbocycles. The van der Waals surface area contributed by atoms with Crippen LogP contribution in [0.5, 0.6) is 0 Å². The standard InChI is InChI=1S/C10H20O3S/c1-4-9(3)8-14(12)7-6-10(11)13-5-2/h9H,4-8H2,1-3H3. The number of carbonyl (C=O) groups is 1. The zero-order valence-corrected chi connectivity index (χ0v) is 10.1. The maximum absolute atomic E-state index is 11.4. The molecular weight excluding hydrogens is 200 g/mol. The Labute approximate surface area is 88.7 Å². The minimum Gasteiger partial charge on any atom is -0.466 e. The molecular formula is C10H20O3S. The van der Waals surface area contributed by atoms with Gasteiger partial charge < -0.3 is 4.74 Å². The molecule has 0 bridgehead atoms. The largest absolute Gasteiger partial charge is 0.466 e. The number of hydrogen-bond donors (Lipinski definition) is 0. The van der Waals surface area contributed by atoms with E-state index in [1.807, 2.05) is 0 Å². The van der Waals surface area contributed by atoms with Gasteiger partial charge in [0.25, 0.3) is 0 Å². The van der Waals surface area contributed by atoms with E-state index in [9.17, 15) is 9.00 Å². The predicted molar refractivity (Wildman–Crippen MR) is 58.6 cm³/mol. The van der Waals surface area contributed by atoms with Crippen LogP contribution in [0.4, 0.5) is 0 Å².